The van der Waals surface area contributed by atoms with Gasteiger partial charge in [-0.15, -0.1) is 0 Å². The van der Waals surface area contributed by atoms with E-state index in [9.17, 15) is 9.59 Å². The highest BCUT2D eigenvalue weighted by molar-refractivity contribution is 6.10. The molecule has 1 aromatic heterocycles. The summed E-state index contributed by atoms with van der Waals surface area (Å²) in [7, 11) is 0. The highest BCUT2D eigenvalue weighted by Gasteiger charge is 2.26. The molecule has 0 radical (unpaired) electrons. The molecule has 30 heavy (non-hydrogen) atoms. The van der Waals surface area contributed by atoms with Crippen LogP contribution in [0.5, 0.6) is 0 Å². The molecule has 3 aromatic carbocycles. The molecular weight excluding hydrogens is 378 g/mol. The van der Waals surface area contributed by atoms with Crippen molar-refractivity contribution in [3.05, 3.63) is 106 Å². The Morgan fingerprint density at radius 1 is 0.900 bits per heavy atom. The van der Waals surface area contributed by atoms with Gasteiger partial charge >= 0.3 is 0 Å². The maximum atomic E-state index is 12.6. The summed E-state index contributed by atoms with van der Waals surface area (Å²) in [4.78, 5) is 34.1. The molecule has 0 spiro atoms. The Balaban J connectivity index is 1.63. The average molecular weight is 395 g/mol. The fourth-order valence-corrected chi connectivity index (χ4v) is 3.52. The molecule has 0 saturated heterocycles. The molecule has 7 heteroatoms. The molecule has 0 aliphatic carbocycles. The fourth-order valence-electron chi connectivity index (χ4n) is 3.52. The minimum atomic E-state index is -0.494. The van der Waals surface area contributed by atoms with E-state index in [2.05, 4.69) is 15.6 Å². The van der Waals surface area contributed by atoms with Crippen molar-refractivity contribution in [2.24, 2.45) is 4.99 Å². The Labute approximate surface area is 171 Å². The smallest absolute Gasteiger partial charge is 0.282 e. The topological polar surface area (TPSA) is 88.4 Å². The van der Waals surface area contributed by atoms with Crippen molar-refractivity contribution < 1.29 is 4.79 Å². The molecule has 0 fully saturated rings. The van der Waals surface area contributed by atoms with Gasteiger partial charge in [0.15, 0.2) is 6.17 Å². The van der Waals surface area contributed by atoms with Crippen LogP contribution < -0.4 is 16.2 Å². The summed E-state index contributed by atoms with van der Waals surface area (Å²) in [5, 5.41) is 6.30. The number of aromatic nitrogens is 2. The van der Waals surface area contributed by atoms with Gasteiger partial charge in [-0.05, 0) is 29.8 Å². The van der Waals surface area contributed by atoms with Gasteiger partial charge in [0.25, 0.3) is 11.5 Å². The van der Waals surface area contributed by atoms with Crippen LogP contribution in [0, 0.1) is 0 Å². The molecule has 1 unspecified atom stereocenters. The summed E-state index contributed by atoms with van der Waals surface area (Å²) < 4.78 is 1.87. The number of anilines is 1. The number of benzene rings is 3. The molecule has 0 saturated carbocycles. The normalized spacial score (nSPS) is 15.1. The second kappa shape index (κ2) is 7.29. The Kier molecular flexibility index (Phi) is 4.33. The lowest BCUT2D eigenvalue weighted by molar-refractivity contribution is 0.0976. The average Bonchev–Trinajstić information content (AvgIpc) is 2.80. The van der Waals surface area contributed by atoms with E-state index >= 15 is 0 Å². The lowest BCUT2D eigenvalue weighted by Gasteiger charge is -2.28. The van der Waals surface area contributed by atoms with Gasteiger partial charge in [-0.3, -0.25) is 24.8 Å². The van der Waals surface area contributed by atoms with Gasteiger partial charge in [-0.1, -0.05) is 60.7 Å². The van der Waals surface area contributed by atoms with Crippen LogP contribution in [0.15, 0.2) is 94.7 Å². The van der Waals surface area contributed by atoms with Gasteiger partial charge in [0.1, 0.15) is 0 Å². The monoisotopic (exact) mass is 395 g/mol. The van der Waals surface area contributed by atoms with Crippen LogP contribution in [-0.4, -0.2) is 21.4 Å². The molecule has 5 rings (SSSR count). The Morgan fingerprint density at radius 2 is 1.57 bits per heavy atom. The largest absolute Gasteiger partial charge is 0.296 e. The number of carbonyl (C=O) groups is 1. The number of nitrogens with one attached hydrogen (secondary N) is 2. The van der Waals surface area contributed by atoms with E-state index in [1.807, 2.05) is 53.1 Å². The minimum absolute atomic E-state index is 0.236. The first-order valence-electron chi connectivity index (χ1n) is 9.48. The van der Waals surface area contributed by atoms with Crippen molar-refractivity contribution in [1.82, 2.24) is 14.9 Å². The first-order valence-corrected chi connectivity index (χ1v) is 9.48. The van der Waals surface area contributed by atoms with Crippen molar-refractivity contribution in [3.8, 4) is 0 Å². The van der Waals surface area contributed by atoms with Gasteiger partial charge in [-0.25, -0.2) is 4.99 Å². The Morgan fingerprint density at radius 3 is 2.33 bits per heavy atom. The number of aliphatic imine (C=N–C) groups is 1. The molecule has 1 aliphatic rings. The zero-order chi connectivity index (χ0) is 20.5. The summed E-state index contributed by atoms with van der Waals surface area (Å²) in [5.74, 6) is 0.260. The van der Waals surface area contributed by atoms with E-state index in [4.69, 9.17) is 4.99 Å². The Hall–Kier alpha value is -4.26. The van der Waals surface area contributed by atoms with Crippen LogP contribution in [0.2, 0.25) is 0 Å². The van der Waals surface area contributed by atoms with Gasteiger partial charge < -0.3 is 0 Å². The van der Waals surface area contributed by atoms with Crippen LogP contribution in [0.1, 0.15) is 22.1 Å². The quantitative estimate of drug-likeness (QED) is 0.546. The summed E-state index contributed by atoms with van der Waals surface area (Å²) in [6.07, 6.45) is -0.494. The maximum Gasteiger partial charge on any atom is 0.282 e. The lowest BCUT2D eigenvalue weighted by Crippen LogP contribution is -2.41. The van der Waals surface area contributed by atoms with Crippen molar-refractivity contribution >= 4 is 28.7 Å². The van der Waals surface area contributed by atoms with Crippen molar-refractivity contribution in [2.45, 2.75) is 6.17 Å². The van der Waals surface area contributed by atoms with Crippen molar-refractivity contribution in [3.63, 3.8) is 0 Å². The number of guanidine groups is 1. The molecule has 1 atom stereocenters. The maximum absolute atomic E-state index is 12.6. The van der Waals surface area contributed by atoms with Crippen LogP contribution in [0.25, 0.3) is 10.9 Å². The van der Waals surface area contributed by atoms with Gasteiger partial charge in [0, 0.05) is 5.56 Å². The molecule has 2 N–H and O–H groups in total. The third-order valence-corrected chi connectivity index (χ3v) is 4.92. The van der Waals surface area contributed by atoms with E-state index in [-0.39, 0.29) is 17.4 Å². The first kappa shape index (κ1) is 17.8. The van der Waals surface area contributed by atoms with Crippen LogP contribution in [-0.2, 0) is 0 Å². The third-order valence-electron chi connectivity index (χ3n) is 4.92. The zero-order valence-corrected chi connectivity index (χ0v) is 15.8. The molecule has 2 heterocycles. The SMILES string of the molecule is O=C(NC1=NC(c2ccccc2)n2c(nc(=O)c3ccccc32)N1)c1ccccc1. The standard InChI is InChI=1S/C23H17N5O2/c29-20(16-11-5-2-6-12-16)25-22-24-19(15-9-3-1-4-10-15)28-18-14-8-7-13-17(18)21(30)26-23(28)27-22/h1-14,19H,(H2,24,25,26,27,29,30). The second-order valence-corrected chi connectivity index (χ2v) is 6.83. The molecule has 7 nitrogen and oxygen atoms in total. The summed E-state index contributed by atoms with van der Waals surface area (Å²) in [5.41, 5.74) is 1.79. The predicted molar refractivity (Wildman–Crippen MR) is 116 cm³/mol. The minimum Gasteiger partial charge on any atom is -0.296 e. The molecule has 146 valence electrons. The van der Waals surface area contributed by atoms with E-state index in [1.54, 1.807) is 36.4 Å². The van der Waals surface area contributed by atoms with Crippen molar-refractivity contribution in [2.75, 3.05) is 5.32 Å². The van der Waals surface area contributed by atoms with E-state index < -0.39 is 6.17 Å². The highest BCUT2D eigenvalue weighted by Crippen LogP contribution is 2.29. The van der Waals surface area contributed by atoms with Gasteiger partial charge in [0.2, 0.25) is 11.9 Å². The van der Waals surface area contributed by atoms with Gasteiger partial charge in [0.05, 0.1) is 10.9 Å². The second-order valence-electron chi connectivity index (χ2n) is 6.83. The van der Waals surface area contributed by atoms with E-state index in [1.165, 1.54) is 0 Å². The summed E-state index contributed by atoms with van der Waals surface area (Å²) in [6.45, 7) is 0. The number of rotatable bonds is 2. The molecule has 1 amide bonds. The number of amides is 1. The number of carbonyl (C=O) groups excluding carboxylic acids is 1. The number of para-hydroxylation sites is 1. The molecule has 1 aliphatic heterocycles. The fraction of sp³-hybridized carbons (Fsp3) is 0.0435. The van der Waals surface area contributed by atoms with Crippen molar-refractivity contribution in [1.29, 1.82) is 0 Å². The summed E-state index contributed by atoms with van der Waals surface area (Å²) in [6, 6.07) is 25.8. The first-order chi connectivity index (χ1) is 14.7. The number of hydrogen-bond acceptors (Lipinski definition) is 5. The zero-order valence-electron chi connectivity index (χ0n) is 15.8. The van der Waals surface area contributed by atoms with E-state index in [0.29, 0.717) is 22.4 Å². The van der Waals surface area contributed by atoms with E-state index in [0.717, 1.165) is 5.56 Å². The lowest BCUT2D eigenvalue weighted by atomic mass is 10.1. The van der Waals surface area contributed by atoms with Crippen LogP contribution >= 0.6 is 0 Å². The van der Waals surface area contributed by atoms with Crippen LogP contribution in [0.4, 0.5) is 5.95 Å². The van der Waals surface area contributed by atoms with Crippen LogP contribution in [0.3, 0.4) is 0 Å². The molecule has 4 aromatic rings. The molecular formula is C23H17N5O2. The Bertz CT molecular complexity index is 1330. The van der Waals surface area contributed by atoms with Gasteiger partial charge in [-0.2, -0.15) is 4.98 Å². The summed E-state index contributed by atoms with van der Waals surface area (Å²) >= 11 is 0. The molecule has 0 bridgehead atoms. The highest BCUT2D eigenvalue weighted by atomic mass is 16.2. The predicted octanol–water partition coefficient (Wildman–Crippen LogP) is 3.15. The third kappa shape index (κ3) is 3.12. The number of nitrogens with zero attached hydrogens (tertiary/aromatic N) is 3. The number of hydrogen-bond donors (Lipinski definition) is 2. The number of fused-ring (bicyclic) bond motifs is 3.